The molecule has 0 radical (unpaired) electrons. The number of H-pyrrole nitrogens is 1. The SMILES string of the molecule is O=C1c2ccccc2C(O)N1Cc1n[nH]c(=O)c2ccccc12. The molecule has 0 saturated carbocycles. The normalized spacial score (nSPS) is 16.8. The third-order valence-corrected chi connectivity index (χ3v) is 4.12. The van der Waals surface area contributed by atoms with E-state index in [4.69, 9.17) is 0 Å². The molecule has 1 unspecified atom stereocenters. The first kappa shape index (κ1) is 13.7. The number of carbonyl (C=O) groups excluding carboxylic acids is 1. The van der Waals surface area contributed by atoms with E-state index >= 15 is 0 Å². The van der Waals surface area contributed by atoms with Gasteiger partial charge >= 0.3 is 0 Å². The van der Waals surface area contributed by atoms with Crippen molar-refractivity contribution in [2.24, 2.45) is 0 Å². The van der Waals surface area contributed by atoms with Gasteiger partial charge in [0.25, 0.3) is 11.5 Å². The second kappa shape index (κ2) is 5.03. The highest BCUT2D eigenvalue weighted by Crippen LogP contribution is 2.32. The summed E-state index contributed by atoms with van der Waals surface area (Å²) in [6, 6.07) is 14.0. The van der Waals surface area contributed by atoms with Gasteiger partial charge in [-0.25, -0.2) is 5.10 Å². The Morgan fingerprint density at radius 1 is 1.04 bits per heavy atom. The highest BCUT2D eigenvalue weighted by Gasteiger charge is 2.35. The van der Waals surface area contributed by atoms with Crippen LogP contribution in [-0.2, 0) is 6.54 Å². The lowest BCUT2D eigenvalue weighted by atomic mass is 10.1. The lowest BCUT2D eigenvalue weighted by molar-refractivity contribution is 0.0133. The van der Waals surface area contributed by atoms with Crippen molar-refractivity contribution >= 4 is 16.7 Å². The summed E-state index contributed by atoms with van der Waals surface area (Å²) in [4.78, 5) is 25.7. The smallest absolute Gasteiger partial charge is 0.272 e. The van der Waals surface area contributed by atoms with E-state index in [1.54, 1.807) is 42.5 Å². The van der Waals surface area contributed by atoms with E-state index in [0.717, 1.165) is 0 Å². The number of aliphatic hydroxyl groups is 1. The Kier molecular flexibility index (Phi) is 2.99. The first-order chi connectivity index (χ1) is 11.2. The minimum absolute atomic E-state index is 0.117. The highest BCUT2D eigenvalue weighted by atomic mass is 16.3. The van der Waals surface area contributed by atoms with E-state index in [-0.39, 0.29) is 18.0 Å². The number of fused-ring (bicyclic) bond motifs is 2. The fraction of sp³-hybridized carbons (Fsp3) is 0.118. The second-order valence-electron chi connectivity index (χ2n) is 5.44. The summed E-state index contributed by atoms with van der Waals surface area (Å²) in [6.45, 7) is 0.117. The third kappa shape index (κ3) is 2.03. The molecule has 114 valence electrons. The van der Waals surface area contributed by atoms with Crippen molar-refractivity contribution in [2.45, 2.75) is 12.8 Å². The molecule has 3 aromatic rings. The molecule has 0 fully saturated rings. The number of benzene rings is 2. The maximum atomic E-state index is 12.5. The van der Waals surface area contributed by atoms with Gasteiger partial charge in [0.15, 0.2) is 6.23 Å². The monoisotopic (exact) mass is 307 g/mol. The average Bonchev–Trinajstić information content (AvgIpc) is 2.83. The average molecular weight is 307 g/mol. The number of hydrogen-bond donors (Lipinski definition) is 2. The molecule has 2 heterocycles. The van der Waals surface area contributed by atoms with Gasteiger partial charge in [-0.1, -0.05) is 36.4 Å². The molecule has 1 atom stereocenters. The third-order valence-electron chi connectivity index (χ3n) is 4.12. The fourth-order valence-corrected chi connectivity index (χ4v) is 2.96. The largest absolute Gasteiger partial charge is 0.369 e. The van der Waals surface area contributed by atoms with Crippen LogP contribution in [0.3, 0.4) is 0 Å². The number of rotatable bonds is 2. The van der Waals surface area contributed by atoms with Crippen LogP contribution >= 0.6 is 0 Å². The van der Waals surface area contributed by atoms with Crippen LogP contribution in [0, 0.1) is 0 Å². The Morgan fingerprint density at radius 3 is 2.52 bits per heavy atom. The summed E-state index contributed by atoms with van der Waals surface area (Å²) in [5.74, 6) is -0.245. The Bertz CT molecular complexity index is 980. The van der Waals surface area contributed by atoms with Gasteiger partial charge in [-0.15, -0.1) is 0 Å². The van der Waals surface area contributed by atoms with Gasteiger partial charge in [-0.3, -0.25) is 9.59 Å². The van der Waals surface area contributed by atoms with Crippen molar-refractivity contribution in [3.8, 4) is 0 Å². The van der Waals surface area contributed by atoms with Gasteiger partial charge in [0.2, 0.25) is 0 Å². The van der Waals surface area contributed by atoms with Crippen LogP contribution in [0.5, 0.6) is 0 Å². The number of amides is 1. The lowest BCUT2D eigenvalue weighted by Crippen LogP contribution is -2.28. The summed E-state index contributed by atoms with van der Waals surface area (Å²) >= 11 is 0. The Labute approximate surface area is 131 Å². The zero-order valence-corrected chi connectivity index (χ0v) is 12.1. The van der Waals surface area contributed by atoms with E-state index < -0.39 is 6.23 Å². The van der Waals surface area contributed by atoms with Crippen LogP contribution in [0.25, 0.3) is 10.8 Å². The van der Waals surface area contributed by atoms with Gasteiger partial charge in [-0.05, 0) is 12.1 Å². The van der Waals surface area contributed by atoms with E-state index in [1.165, 1.54) is 4.90 Å². The number of hydrogen-bond acceptors (Lipinski definition) is 4. The molecule has 6 nitrogen and oxygen atoms in total. The van der Waals surface area contributed by atoms with Gasteiger partial charge in [0.1, 0.15) is 0 Å². The van der Waals surface area contributed by atoms with Gasteiger partial charge < -0.3 is 10.0 Å². The van der Waals surface area contributed by atoms with Gasteiger partial charge in [-0.2, -0.15) is 5.10 Å². The van der Waals surface area contributed by atoms with Crippen LogP contribution < -0.4 is 5.56 Å². The summed E-state index contributed by atoms with van der Waals surface area (Å²) in [5.41, 5.74) is 1.35. The number of aliphatic hydroxyl groups excluding tert-OH is 1. The van der Waals surface area contributed by atoms with Crippen LogP contribution in [0.15, 0.2) is 53.3 Å². The number of nitrogens with zero attached hydrogens (tertiary/aromatic N) is 2. The molecule has 4 rings (SSSR count). The van der Waals surface area contributed by atoms with Crippen molar-refractivity contribution in [1.29, 1.82) is 0 Å². The van der Waals surface area contributed by atoms with Crippen molar-refractivity contribution in [3.63, 3.8) is 0 Å². The predicted molar refractivity (Wildman–Crippen MR) is 83.6 cm³/mol. The van der Waals surface area contributed by atoms with E-state index in [0.29, 0.717) is 27.6 Å². The van der Waals surface area contributed by atoms with Crippen LogP contribution in [0.1, 0.15) is 27.8 Å². The molecule has 1 amide bonds. The lowest BCUT2D eigenvalue weighted by Gasteiger charge is -2.20. The van der Waals surface area contributed by atoms with E-state index in [9.17, 15) is 14.7 Å². The summed E-state index contributed by atoms with van der Waals surface area (Å²) in [5, 5.41) is 18.1. The maximum Gasteiger partial charge on any atom is 0.272 e. The molecular weight excluding hydrogens is 294 g/mol. The molecule has 1 aliphatic heterocycles. The molecule has 2 N–H and O–H groups in total. The second-order valence-corrected chi connectivity index (χ2v) is 5.44. The first-order valence-electron chi connectivity index (χ1n) is 7.21. The molecule has 1 aromatic heterocycles. The molecular formula is C17H13N3O3. The quantitative estimate of drug-likeness (QED) is 0.752. The fourth-order valence-electron chi connectivity index (χ4n) is 2.96. The number of nitrogens with one attached hydrogen (secondary N) is 1. The van der Waals surface area contributed by atoms with E-state index in [2.05, 4.69) is 10.2 Å². The topological polar surface area (TPSA) is 86.3 Å². The molecule has 0 saturated heterocycles. The van der Waals surface area contributed by atoms with Crippen LogP contribution in [0.2, 0.25) is 0 Å². The minimum atomic E-state index is -1.01. The zero-order valence-electron chi connectivity index (χ0n) is 12.1. The molecule has 23 heavy (non-hydrogen) atoms. The van der Waals surface area contributed by atoms with Gasteiger partial charge in [0.05, 0.1) is 17.6 Å². The molecule has 0 spiro atoms. The maximum absolute atomic E-state index is 12.5. The molecule has 6 heteroatoms. The van der Waals surface area contributed by atoms with Crippen LogP contribution in [-0.4, -0.2) is 26.1 Å². The summed E-state index contributed by atoms with van der Waals surface area (Å²) < 4.78 is 0. The zero-order chi connectivity index (χ0) is 16.0. The first-order valence-corrected chi connectivity index (χ1v) is 7.21. The van der Waals surface area contributed by atoms with Crippen molar-refractivity contribution in [1.82, 2.24) is 15.1 Å². The standard InChI is InChI=1S/C17H13N3O3/c21-15-11-6-2-1-5-10(11)14(18-19-15)9-20-16(22)12-7-3-4-8-13(12)17(20)23/h1-8,16,22H,9H2,(H,19,21). The number of carbonyl (C=O) groups is 1. The van der Waals surface area contributed by atoms with Gasteiger partial charge in [0, 0.05) is 16.5 Å². The molecule has 1 aliphatic rings. The minimum Gasteiger partial charge on any atom is -0.369 e. The Balaban J connectivity index is 1.77. The molecule has 0 aliphatic carbocycles. The van der Waals surface area contributed by atoms with Crippen molar-refractivity contribution in [2.75, 3.05) is 0 Å². The van der Waals surface area contributed by atoms with Crippen molar-refractivity contribution < 1.29 is 9.90 Å². The van der Waals surface area contributed by atoms with Crippen LogP contribution in [0.4, 0.5) is 0 Å². The summed E-state index contributed by atoms with van der Waals surface area (Å²) in [6.07, 6.45) is -1.01. The predicted octanol–water partition coefficient (Wildman–Crippen LogP) is 1.57. The Hall–Kier alpha value is -2.99. The van der Waals surface area contributed by atoms with E-state index in [1.807, 2.05) is 6.07 Å². The van der Waals surface area contributed by atoms with Crippen molar-refractivity contribution in [3.05, 3.63) is 75.7 Å². The number of aromatic nitrogens is 2. The summed E-state index contributed by atoms with van der Waals surface area (Å²) in [7, 11) is 0. The molecule has 0 bridgehead atoms. The highest BCUT2D eigenvalue weighted by molar-refractivity contribution is 5.99. The molecule has 2 aromatic carbocycles. The Morgan fingerprint density at radius 2 is 1.74 bits per heavy atom. The number of aromatic amines is 1.